The fourth-order valence-electron chi connectivity index (χ4n) is 1.74. The van der Waals surface area contributed by atoms with Gasteiger partial charge < -0.3 is 9.84 Å². The van der Waals surface area contributed by atoms with Crippen LogP contribution < -0.4 is 4.74 Å². The van der Waals surface area contributed by atoms with E-state index in [2.05, 4.69) is 9.97 Å². The van der Waals surface area contributed by atoms with Crippen molar-refractivity contribution < 1.29 is 23.0 Å². The average molecular weight is 284 g/mol. The number of aliphatic hydroxyl groups excluding tert-OH is 1. The summed E-state index contributed by atoms with van der Waals surface area (Å²) in [5, 5.41) is 10.1. The van der Waals surface area contributed by atoms with Crippen molar-refractivity contribution in [3.8, 4) is 5.88 Å². The number of aliphatic hydroxyl groups is 1. The first kappa shape index (κ1) is 14.3. The molecule has 1 atom stereocenters. The Morgan fingerprint density at radius 3 is 2.50 bits per heavy atom. The minimum absolute atomic E-state index is 0.226. The smallest absolute Gasteiger partial charge is 0.416 e. The number of aromatic nitrogens is 2. The van der Waals surface area contributed by atoms with Crippen LogP contribution in [-0.2, 0) is 6.18 Å². The molecule has 0 aliphatic carbocycles. The molecule has 0 amide bonds. The fourth-order valence-corrected chi connectivity index (χ4v) is 1.74. The molecule has 2 aromatic heterocycles. The van der Waals surface area contributed by atoms with Gasteiger partial charge in [-0.2, -0.15) is 13.2 Å². The molecule has 4 nitrogen and oxygen atoms in total. The minimum atomic E-state index is -4.56. The van der Waals surface area contributed by atoms with Crippen molar-refractivity contribution >= 4 is 0 Å². The molecule has 7 heteroatoms. The maximum Gasteiger partial charge on any atom is 0.416 e. The number of hydrogen-bond acceptors (Lipinski definition) is 4. The average Bonchev–Trinajstić information content (AvgIpc) is 2.46. The molecule has 2 aromatic rings. The number of ether oxygens (including phenoxy) is 1. The summed E-state index contributed by atoms with van der Waals surface area (Å²) in [7, 11) is 1.42. The van der Waals surface area contributed by atoms with E-state index in [1.54, 1.807) is 0 Å². The Morgan fingerprint density at radius 2 is 1.95 bits per heavy atom. The van der Waals surface area contributed by atoms with Crippen LogP contribution in [0.15, 0.2) is 36.8 Å². The van der Waals surface area contributed by atoms with Crippen LogP contribution in [0, 0.1) is 0 Å². The summed E-state index contributed by atoms with van der Waals surface area (Å²) in [6, 6.07) is 3.74. The molecule has 1 unspecified atom stereocenters. The Morgan fingerprint density at radius 1 is 1.20 bits per heavy atom. The third kappa shape index (κ3) is 2.88. The van der Waals surface area contributed by atoms with E-state index in [4.69, 9.17) is 4.74 Å². The summed E-state index contributed by atoms with van der Waals surface area (Å²) in [6.07, 6.45) is -2.72. The first-order valence-electron chi connectivity index (χ1n) is 5.62. The summed E-state index contributed by atoms with van der Waals surface area (Å²) in [5.74, 6) is 0.309. The molecule has 0 aromatic carbocycles. The molecule has 106 valence electrons. The molecular weight excluding hydrogens is 273 g/mol. The lowest BCUT2D eigenvalue weighted by Gasteiger charge is -2.17. The second-order valence-electron chi connectivity index (χ2n) is 4.00. The summed E-state index contributed by atoms with van der Waals surface area (Å²) in [6.45, 7) is 0. The monoisotopic (exact) mass is 284 g/mol. The van der Waals surface area contributed by atoms with Crippen LogP contribution in [0.1, 0.15) is 22.8 Å². The third-order valence-corrected chi connectivity index (χ3v) is 2.74. The van der Waals surface area contributed by atoms with Crippen LogP contribution in [-0.4, -0.2) is 22.2 Å². The van der Waals surface area contributed by atoms with E-state index in [1.807, 2.05) is 0 Å². The number of alkyl halides is 3. The largest absolute Gasteiger partial charge is 0.481 e. The lowest BCUT2D eigenvalue weighted by atomic mass is 10.00. The van der Waals surface area contributed by atoms with Gasteiger partial charge in [0.05, 0.1) is 12.7 Å². The highest BCUT2D eigenvalue weighted by Crippen LogP contribution is 2.35. The van der Waals surface area contributed by atoms with Crippen molar-refractivity contribution in [2.45, 2.75) is 12.3 Å². The van der Waals surface area contributed by atoms with E-state index < -0.39 is 17.8 Å². The molecule has 0 saturated heterocycles. The highest BCUT2D eigenvalue weighted by Gasteiger charge is 2.35. The summed E-state index contributed by atoms with van der Waals surface area (Å²) < 4.78 is 43.5. The van der Waals surface area contributed by atoms with Crippen molar-refractivity contribution in [2.24, 2.45) is 0 Å². The lowest BCUT2D eigenvalue weighted by molar-refractivity contribution is -0.139. The predicted molar refractivity (Wildman–Crippen MR) is 64.1 cm³/mol. The SMILES string of the molecule is COc1ccc(C(O)c2cnccc2C(F)(F)F)cn1. The van der Waals surface area contributed by atoms with Crippen LogP contribution in [0.3, 0.4) is 0 Å². The first-order chi connectivity index (χ1) is 9.43. The highest BCUT2D eigenvalue weighted by atomic mass is 19.4. The Balaban J connectivity index is 2.40. The van der Waals surface area contributed by atoms with Crippen molar-refractivity contribution in [3.05, 3.63) is 53.5 Å². The lowest BCUT2D eigenvalue weighted by Crippen LogP contribution is -2.13. The molecule has 0 saturated carbocycles. The molecule has 2 rings (SSSR count). The van der Waals surface area contributed by atoms with Crippen molar-refractivity contribution in [1.29, 1.82) is 0 Å². The Kier molecular flexibility index (Phi) is 3.89. The number of hydrogen-bond donors (Lipinski definition) is 1. The van der Waals surface area contributed by atoms with Crippen LogP contribution in [0.5, 0.6) is 5.88 Å². The molecule has 1 N–H and O–H groups in total. The van der Waals surface area contributed by atoms with Gasteiger partial charge in [0.25, 0.3) is 0 Å². The maximum atomic E-state index is 12.9. The fraction of sp³-hybridized carbons (Fsp3) is 0.231. The molecule has 0 bridgehead atoms. The zero-order valence-electron chi connectivity index (χ0n) is 10.4. The molecule has 20 heavy (non-hydrogen) atoms. The summed E-state index contributed by atoms with van der Waals surface area (Å²) >= 11 is 0. The Labute approximate surface area is 112 Å². The second-order valence-corrected chi connectivity index (χ2v) is 4.00. The van der Waals surface area contributed by atoms with E-state index in [0.29, 0.717) is 5.88 Å². The Bertz CT molecular complexity index is 585. The molecule has 0 fully saturated rings. The van der Waals surface area contributed by atoms with Gasteiger partial charge >= 0.3 is 6.18 Å². The van der Waals surface area contributed by atoms with E-state index in [9.17, 15) is 18.3 Å². The van der Waals surface area contributed by atoms with Crippen molar-refractivity contribution in [2.75, 3.05) is 7.11 Å². The molecular formula is C13H11F3N2O2. The van der Waals surface area contributed by atoms with E-state index in [1.165, 1.54) is 25.4 Å². The predicted octanol–water partition coefficient (Wildman–Crippen LogP) is 2.59. The van der Waals surface area contributed by atoms with Crippen LogP contribution >= 0.6 is 0 Å². The number of halogens is 3. The molecule has 2 heterocycles. The first-order valence-corrected chi connectivity index (χ1v) is 5.62. The molecule has 0 aliphatic rings. The van der Waals surface area contributed by atoms with Gasteiger partial charge in [-0.25, -0.2) is 4.98 Å². The van der Waals surface area contributed by atoms with Crippen LogP contribution in [0.4, 0.5) is 13.2 Å². The zero-order chi connectivity index (χ0) is 14.8. The quantitative estimate of drug-likeness (QED) is 0.941. The van der Waals surface area contributed by atoms with Gasteiger partial charge in [-0.05, 0) is 12.1 Å². The van der Waals surface area contributed by atoms with Crippen molar-refractivity contribution in [1.82, 2.24) is 9.97 Å². The van der Waals surface area contributed by atoms with Gasteiger partial charge in [0.2, 0.25) is 5.88 Å². The van der Waals surface area contributed by atoms with E-state index in [-0.39, 0.29) is 11.1 Å². The zero-order valence-corrected chi connectivity index (χ0v) is 10.4. The van der Waals surface area contributed by atoms with Crippen molar-refractivity contribution in [3.63, 3.8) is 0 Å². The Hall–Kier alpha value is -2.15. The number of nitrogens with zero attached hydrogens (tertiary/aromatic N) is 2. The van der Waals surface area contributed by atoms with Gasteiger partial charge in [-0.15, -0.1) is 0 Å². The normalized spacial score (nSPS) is 13.1. The number of methoxy groups -OCH3 is 1. The highest BCUT2D eigenvalue weighted by molar-refractivity contribution is 5.35. The maximum absolute atomic E-state index is 12.9. The van der Waals surface area contributed by atoms with Gasteiger partial charge in [-0.3, -0.25) is 4.98 Å². The summed E-state index contributed by atoms with van der Waals surface area (Å²) in [5.41, 5.74) is -1.01. The number of pyridine rings is 2. The number of rotatable bonds is 3. The van der Waals surface area contributed by atoms with Gasteiger partial charge in [0, 0.05) is 35.8 Å². The summed E-state index contributed by atoms with van der Waals surface area (Å²) in [4.78, 5) is 7.49. The van der Waals surface area contributed by atoms with Gasteiger partial charge in [0.15, 0.2) is 0 Å². The van der Waals surface area contributed by atoms with Crippen LogP contribution in [0.25, 0.3) is 0 Å². The molecule has 0 aliphatic heterocycles. The van der Waals surface area contributed by atoms with E-state index >= 15 is 0 Å². The topological polar surface area (TPSA) is 55.2 Å². The van der Waals surface area contributed by atoms with E-state index in [0.717, 1.165) is 18.5 Å². The molecule has 0 radical (unpaired) electrons. The van der Waals surface area contributed by atoms with Gasteiger partial charge in [-0.1, -0.05) is 0 Å². The van der Waals surface area contributed by atoms with Gasteiger partial charge in [0.1, 0.15) is 6.10 Å². The third-order valence-electron chi connectivity index (χ3n) is 2.74. The standard InChI is InChI=1S/C13H11F3N2O2/c1-20-11-3-2-8(6-18-11)12(19)9-7-17-5-4-10(9)13(14,15)16/h2-7,12,19H,1H3. The minimum Gasteiger partial charge on any atom is -0.481 e. The molecule has 0 spiro atoms. The van der Waals surface area contributed by atoms with Crippen LogP contribution in [0.2, 0.25) is 0 Å². The second kappa shape index (κ2) is 5.46.